The first kappa shape index (κ1) is 14.1. The monoisotopic (exact) mass is 215 g/mol. The Bertz CT molecular complexity index is 216. The van der Waals surface area contributed by atoms with E-state index in [-0.39, 0.29) is 18.5 Å². The van der Waals surface area contributed by atoms with Gasteiger partial charge >= 0.3 is 5.97 Å². The van der Waals surface area contributed by atoms with Crippen molar-refractivity contribution in [2.24, 2.45) is 5.92 Å². The summed E-state index contributed by atoms with van der Waals surface area (Å²) in [6, 6.07) is 0. The van der Waals surface area contributed by atoms with Crippen molar-refractivity contribution in [3.8, 4) is 0 Å². The van der Waals surface area contributed by atoms with E-state index in [0.717, 1.165) is 0 Å². The average molecular weight is 215 g/mol. The van der Waals surface area contributed by atoms with Gasteiger partial charge in [-0.3, -0.25) is 5.32 Å². The summed E-state index contributed by atoms with van der Waals surface area (Å²) in [7, 11) is 2.94. The fourth-order valence-electron chi connectivity index (χ4n) is 1.45. The van der Waals surface area contributed by atoms with Crippen LogP contribution >= 0.6 is 0 Å². The first-order valence-corrected chi connectivity index (χ1v) is 4.98. The van der Waals surface area contributed by atoms with Gasteiger partial charge in [0.05, 0.1) is 13.7 Å². The molecule has 0 saturated carbocycles. The number of hydrogen-bond acceptors (Lipinski definition) is 4. The standard InChI is InChI=1S/C11H21NO3/c1-6-7-12-11(8-14-4,9(2)3)10(13)15-5/h6,9,12H,1,7-8H2,2-5H3. The van der Waals surface area contributed by atoms with E-state index in [1.807, 2.05) is 13.8 Å². The predicted octanol–water partition coefficient (Wildman–Crippen LogP) is 0.976. The maximum Gasteiger partial charge on any atom is 0.328 e. The summed E-state index contributed by atoms with van der Waals surface area (Å²) in [5.41, 5.74) is -0.794. The maximum absolute atomic E-state index is 11.8. The van der Waals surface area contributed by atoms with Crippen LogP contribution in [0.1, 0.15) is 13.8 Å². The summed E-state index contributed by atoms with van der Waals surface area (Å²) in [5, 5.41) is 3.12. The van der Waals surface area contributed by atoms with Crippen LogP contribution < -0.4 is 5.32 Å². The SMILES string of the molecule is C=CCNC(COC)(C(=O)OC)C(C)C. The van der Waals surface area contributed by atoms with E-state index in [2.05, 4.69) is 11.9 Å². The lowest BCUT2D eigenvalue weighted by molar-refractivity contribution is -0.153. The lowest BCUT2D eigenvalue weighted by Crippen LogP contribution is -2.59. The zero-order valence-electron chi connectivity index (χ0n) is 10.0. The zero-order chi connectivity index (χ0) is 11.9. The second kappa shape index (κ2) is 6.58. The molecule has 0 bridgehead atoms. The fourth-order valence-corrected chi connectivity index (χ4v) is 1.45. The predicted molar refractivity (Wildman–Crippen MR) is 59.7 cm³/mol. The molecule has 0 fully saturated rings. The minimum atomic E-state index is -0.794. The summed E-state index contributed by atoms with van der Waals surface area (Å²) in [6.45, 7) is 8.34. The molecule has 0 aliphatic heterocycles. The van der Waals surface area contributed by atoms with E-state index in [9.17, 15) is 4.79 Å². The van der Waals surface area contributed by atoms with Crippen molar-refractivity contribution in [2.75, 3.05) is 27.4 Å². The molecule has 1 atom stereocenters. The Balaban J connectivity index is 4.87. The summed E-state index contributed by atoms with van der Waals surface area (Å²) < 4.78 is 9.90. The minimum Gasteiger partial charge on any atom is -0.468 e. The van der Waals surface area contributed by atoms with Crippen molar-refractivity contribution in [2.45, 2.75) is 19.4 Å². The van der Waals surface area contributed by atoms with E-state index in [1.54, 1.807) is 13.2 Å². The van der Waals surface area contributed by atoms with Gasteiger partial charge < -0.3 is 9.47 Å². The number of hydrogen-bond donors (Lipinski definition) is 1. The van der Waals surface area contributed by atoms with Gasteiger partial charge in [0.2, 0.25) is 0 Å². The van der Waals surface area contributed by atoms with Crippen molar-refractivity contribution in [3.05, 3.63) is 12.7 Å². The van der Waals surface area contributed by atoms with Gasteiger partial charge in [-0.05, 0) is 5.92 Å². The summed E-state index contributed by atoms with van der Waals surface area (Å²) in [5.74, 6) is -0.231. The van der Waals surface area contributed by atoms with Crippen LogP contribution in [0.25, 0.3) is 0 Å². The molecule has 15 heavy (non-hydrogen) atoms. The molecule has 0 aliphatic rings. The Kier molecular flexibility index (Phi) is 6.20. The average Bonchev–Trinajstić information content (AvgIpc) is 2.22. The highest BCUT2D eigenvalue weighted by atomic mass is 16.5. The largest absolute Gasteiger partial charge is 0.468 e. The van der Waals surface area contributed by atoms with Crippen molar-refractivity contribution in [1.82, 2.24) is 5.32 Å². The highest BCUT2D eigenvalue weighted by Gasteiger charge is 2.42. The molecule has 0 aromatic carbocycles. The molecule has 0 rings (SSSR count). The smallest absolute Gasteiger partial charge is 0.328 e. The Morgan fingerprint density at radius 1 is 1.53 bits per heavy atom. The number of rotatable bonds is 7. The van der Waals surface area contributed by atoms with Crippen LogP contribution in [0.2, 0.25) is 0 Å². The Hall–Kier alpha value is -0.870. The molecule has 4 heteroatoms. The summed E-state index contributed by atoms with van der Waals surface area (Å²) in [6.07, 6.45) is 1.70. The summed E-state index contributed by atoms with van der Waals surface area (Å²) >= 11 is 0. The molecule has 0 radical (unpaired) electrons. The maximum atomic E-state index is 11.8. The lowest BCUT2D eigenvalue weighted by Gasteiger charge is -2.34. The Labute approximate surface area is 91.6 Å². The zero-order valence-corrected chi connectivity index (χ0v) is 10.0. The summed E-state index contributed by atoms with van der Waals surface area (Å²) in [4.78, 5) is 11.8. The number of nitrogens with one attached hydrogen (secondary N) is 1. The Morgan fingerprint density at radius 2 is 2.13 bits per heavy atom. The van der Waals surface area contributed by atoms with Gasteiger partial charge in [-0.2, -0.15) is 0 Å². The topological polar surface area (TPSA) is 47.6 Å². The van der Waals surface area contributed by atoms with Crippen LogP contribution in [0, 0.1) is 5.92 Å². The number of carbonyl (C=O) groups excluding carboxylic acids is 1. The van der Waals surface area contributed by atoms with Gasteiger partial charge in [-0.1, -0.05) is 19.9 Å². The molecule has 88 valence electrons. The van der Waals surface area contributed by atoms with Crippen LogP contribution in [0.15, 0.2) is 12.7 Å². The molecule has 0 aliphatic carbocycles. The quantitative estimate of drug-likeness (QED) is 0.508. The van der Waals surface area contributed by atoms with Gasteiger partial charge in [0.15, 0.2) is 0 Å². The second-order valence-corrected chi connectivity index (χ2v) is 3.72. The van der Waals surface area contributed by atoms with Gasteiger partial charge in [0, 0.05) is 13.7 Å². The van der Waals surface area contributed by atoms with E-state index in [0.29, 0.717) is 6.54 Å². The number of methoxy groups -OCH3 is 2. The third-order valence-corrected chi connectivity index (χ3v) is 2.47. The molecular formula is C11H21NO3. The highest BCUT2D eigenvalue weighted by Crippen LogP contribution is 2.19. The number of carbonyl (C=O) groups is 1. The molecule has 0 aromatic heterocycles. The molecule has 1 unspecified atom stereocenters. The third kappa shape index (κ3) is 3.32. The van der Waals surface area contributed by atoms with Gasteiger partial charge in [0.1, 0.15) is 5.54 Å². The van der Waals surface area contributed by atoms with E-state index in [1.165, 1.54) is 7.11 Å². The molecule has 0 saturated heterocycles. The first-order valence-electron chi connectivity index (χ1n) is 4.98. The van der Waals surface area contributed by atoms with Gasteiger partial charge in [-0.25, -0.2) is 4.79 Å². The van der Waals surface area contributed by atoms with E-state index in [4.69, 9.17) is 9.47 Å². The van der Waals surface area contributed by atoms with Crippen molar-refractivity contribution < 1.29 is 14.3 Å². The van der Waals surface area contributed by atoms with Crippen LogP contribution in [-0.2, 0) is 14.3 Å². The number of ether oxygens (including phenoxy) is 2. The Morgan fingerprint density at radius 3 is 2.47 bits per heavy atom. The molecule has 0 heterocycles. The fraction of sp³-hybridized carbons (Fsp3) is 0.727. The molecule has 0 amide bonds. The minimum absolute atomic E-state index is 0.0739. The second-order valence-electron chi connectivity index (χ2n) is 3.72. The van der Waals surface area contributed by atoms with E-state index >= 15 is 0 Å². The van der Waals surface area contributed by atoms with Crippen LogP contribution in [-0.4, -0.2) is 38.9 Å². The molecule has 4 nitrogen and oxygen atoms in total. The van der Waals surface area contributed by atoms with Crippen molar-refractivity contribution in [3.63, 3.8) is 0 Å². The van der Waals surface area contributed by atoms with E-state index < -0.39 is 5.54 Å². The third-order valence-electron chi connectivity index (χ3n) is 2.47. The van der Waals surface area contributed by atoms with Crippen LogP contribution in [0.3, 0.4) is 0 Å². The molecule has 0 aromatic rings. The highest BCUT2D eigenvalue weighted by molar-refractivity contribution is 5.81. The van der Waals surface area contributed by atoms with Gasteiger partial charge in [0.25, 0.3) is 0 Å². The van der Waals surface area contributed by atoms with Crippen molar-refractivity contribution in [1.29, 1.82) is 0 Å². The first-order chi connectivity index (χ1) is 7.05. The lowest BCUT2D eigenvalue weighted by atomic mass is 9.87. The molecule has 1 N–H and O–H groups in total. The molecule has 0 spiro atoms. The van der Waals surface area contributed by atoms with Gasteiger partial charge in [-0.15, -0.1) is 6.58 Å². The van der Waals surface area contributed by atoms with Crippen molar-refractivity contribution >= 4 is 5.97 Å². The normalized spacial score (nSPS) is 14.7. The molecular weight excluding hydrogens is 194 g/mol. The van der Waals surface area contributed by atoms with Crippen LogP contribution in [0.4, 0.5) is 0 Å². The number of esters is 1. The van der Waals surface area contributed by atoms with Crippen LogP contribution in [0.5, 0.6) is 0 Å².